The predicted molar refractivity (Wildman–Crippen MR) is 59.8 cm³/mol. The number of hydrogen-bond acceptors (Lipinski definition) is 2. The minimum atomic E-state index is -0.409. The quantitative estimate of drug-likeness (QED) is 0.740. The standard InChI is InChI=1S/C13H18O2/c1-10-6-4-5-7-11(10)8-12-9-14-13(2,3)15-12/h4-7,12H,8-9H2,1-3H3. The first-order chi connectivity index (χ1) is 7.07. The van der Waals surface area contributed by atoms with Crippen molar-refractivity contribution in [2.75, 3.05) is 6.61 Å². The molecule has 0 bridgehead atoms. The Morgan fingerprint density at radius 1 is 1.33 bits per heavy atom. The Labute approximate surface area is 91.2 Å². The molecule has 2 heteroatoms. The van der Waals surface area contributed by atoms with Crippen LogP contribution in [-0.2, 0) is 15.9 Å². The van der Waals surface area contributed by atoms with Crippen LogP contribution in [0.2, 0.25) is 0 Å². The Hall–Kier alpha value is -0.860. The van der Waals surface area contributed by atoms with Crippen LogP contribution in [0.4, 0.5) is 0 Å². The molecule has 1 unspecified atom stereocenters. The van der Waals surface area contributed by atoms with E-state index in [0.29, 0.717) is 6.61 Å². The van der Waals surface area contributed by atoms with Gasteiger partial charge in [-0.25, -0.2) is 0 Å². The molecule has 1 aliphatic rings. The van der Waals surface area contributed by atoms with Gasteiger partial charge in [-0.3, -0.25) is 0 Å². The minimum Gasteiger partial charge on any atom is -0.348 e. The SMILES string of the molecule is Cc1ccccc1CC1COC(C)(C)O1. The van der Waals surface area contributed by atoms with Crippen LogP contribution < -0.4 is 0 Å². The van der Waals surface area contributed by atoms with E-state index < -0.39 is 5.79 Å². The molecule has 0 amide bonds. The molecule has 0 N–H and O–H groups in total. The molecule has 1 atom stereocenters. The second-order valence-electron chi connectivity index (χ2n) is 4.58. The van der Waals surface area contributed by atoms with Crippen LogP contribution in [0.15, 0.2) is 24.3 Å². The van der Waals surface area contributed by atoms with E-state index in [9.17, 15) is 0 Å². The van der Waals surface area contributed by atoms with Crippen molar-refractivity contribution in [1.29, 1.82) is 0 Å². The molecule has 1 fully saturated rings. The first kappa shape index (κ1) is 10.7. The summed E-state index contributed by atoms with van der Waals surface area (Å²) in [5.41, 5.74) is 2.68. The van der Waals surface area contributed by atoms with Gasteiger partial charge >= 0.3 is 0 Å². The number of ether oxygens (including phenoxy) is 2. The molecule has 15 heavy (non-hydrogen) atoms. The zero-order valence-corrected chi connectivity index (χ0v) is 9.62. The maximum absolute atomic E-state index is 5.79. The van der Waals surface area contributed by atoms with E-state index in [1.807, 2.05) is 13.8 Å². The van der Waals surface area contributed by atoms with Crippen molar-refractivity contribution >= 4 is 0 Å². The average Bonchev–Trinajstić information content (AvgIpc) is 2.50. The van der Waals surface area contributed by atoms with Crippen molar-refractivity contribution in [2.24, 2.45) is 0 Å². The topological polar surface area (TPSA) is 18.5 Å². The molecule has 1 aliphatic heterocycles. The molecule has 1 aromatic carbocycles. The maximum Gasteiger partial charge on any atom is 0.163 e. The zero-order valence-electron chi connectivity index (χ0n) is 9.62. The Morgan fingerprint density at radius 2 is 2.07 bits per heavy atom. The molecule has 0 spiro atoms. The molecule has 0 aliphatic carbocycles. The Morgan fingerprint density at radius 3 is 2.67 bits per heavy atom. The van der Waals surface area contributed by atoms with Crippen LogP contribution >= 0.6 is 0 Å². The lowest BCUT2D eigenvalue weighted by Gasteiger charge is -2.17. The molecular formula is C13H18O2. The molecule has 0 radical (unpaired) electrons. The summed E-state index contributed by atoms with van der Waals surface area (Å²) in [6.07, 6.45) is 1.14. The maximum atomic E-state index is 5.79. The van der Waals surface area contributed by atoms with Crippen molar-refractivity contribution in [3.05, 3.63) is 35.4 Å². The average molecular weight is 206 g/mol. The second kappa shape index (κ2) is 3.95. The fraction of sp³-hybridized carbons (Fsp3) is 0.538. The first-order valence-corrected chi connectivity index (χ1v) is 5.43. The lowest BCUT2D eigenvalue weighted by Crippen LogP contribution is -2.22. The number of rotatable bonds is 2. The Kier molecular flexibility index (Phi) is 2.81. The van der Waals surface area contributed by atoms with Crippen molar-refractivity contribution in [1.82, 2.24) is 0 Å². The lowest BCUT2D eigenvalue weighted by molar-refractivity contribution is -0.138. The van der Waals surface area contributed by atoms with Gasteiger partial charge in [-0.15, -0.1) is 0 Å². The Bertz CT molecular complexity index is 344. The number of hydrogen-bond donors (Lipinski definition) is 0. The Balaban J connectivity index is 2.02. The van der Waals surface area contributed by atoms with E-state index >= 15 is 0 Å². The highest BCUT2D eigenvalue weighted by molar-refractivity contribution is 5.26. The van der Waals surface area contributed by atoms with Gasteiger partial charge in [-0.2, -0.15) is 0 Å². The molecule has 82 valence electrons. The van der Waals surface area contributed by atoms with Gasteiger partial charge in [-0.05, 0) is 31.9 Å². The van der Waals surface area contributed by atoms with E-state index in [2.05, 4.69) is 31.2 Å². The van der Waals surface area contributed by atoms with Gasteiger partial charge in [0.05, 0.1) is 12.7 Å². The van der Waals surface area contributed by atoms with E-state index in [1.165, 1.54) is 11.1 Å². The largest absolute Gasteiger partial charge is 0.348 e. The van der Waals surface area contributed by atoms with Crippen molar-refractivity contribution in [2.45, 2.75) is 39.1 Å². The summed E-state index contributed by atoms with van der Waals surface area (Å²) < 4.78 is 11.3. The fourth-order valence-electron chi connectivity index (χ4n) is 1.95. The fourth-order valence-corrected chi connectivity index (χ4v) is 1.95. The third-order valence-electron chi connectivity index (χ3n) is 2.78. The van der Waals surface area contributed by atoms with E-state index in [1.54, 1.807) is 0 Å². The van der Waals surface area contributed by atoms with Crippen LogP contribution in [0.5, 0.6) is 0 Å². The highest BCUT2D eigenvalue weighted by Gasteiger charge is 2.32. The summed E-state index contributed by atoms with van der Waals surface area (Å²) in [7, 11) is 0. The summed E-state index contributed by atoms with van der Waals surface area (Å²) >= 11 is 0. The second-order valence-corrected chi connectivity index (χ2v) is 4.58. The number of aryl methyl sites for hydroxylation is 1. The molecule has 1 aromatic rings. The normalized spacial score (nSPS) is 24.3. The van der Waals surface area contributed by atoms with Crippen LogP contribution in [0.25, 0.3) is 0 Å². The summed E-state index contributed by atoms with van der Waals surface area (Å²) in [6, 6.07) is 8.43. The highest BCUT2D eigenvalue weighted by atomic mass is 16.7. The van der Waals surface area contributed by atoms with Crippen molar-refractivity contribution in [3.8, 4) is 0 Å². The first-order valence-electron chi connectivity index (χ1n) is 5.43. The van der Waals surface area contributed by atoms with Crippen molar-refractivity contribution in [3.63, 3.8) is 0 Å². The predicted octanol–water partition coefficient (Wildman–Crippen LogP) is 2.69. The number of benzene rings is 1. The highest BCUT2D eigenvalue weighted by Crippen LogP contribution is 2.25. The van der Waals surface area contributed by atoms with Gasteiger partial charge in [0, 0.05) is 6.42 Å². The zero-order chi connectivity index (χ0) is 10.9. The van der Waals surface area contributed by atoms with Crippen LogP contribution in [0.1, 0.15) is 25.0 Å². The molecule has 0 saturated carbocycles. The minimum absolute atomic E-state index is 0.195. The van der Waals surface area contributed by atoms with Gasteiger partial charge < -0.3 is 9.47 Å². The van der Waals surface area contributed by atoms with E-state index in [4.69, 9.17) is 9.47 Å². The van der Waals surface area contributed by atoms with Crippen molar-refractivity contribution < 1.29 is 9.47 Å². The van der Waals surface area contributed by atoms with Gasteiger partial charge in [0.25, 0.3) is 0 Å². The van der Waals surface area contributed by atoms with Gasteiger partial charge in [0.15, 0.2) is 5.79 Å². The monoisotopic (exact) mass is 206 g/mol. The molecular weight excluding hydrogens is 188 g/mol. The third kappa shape index (κ3) is 2.58. The molecule has 1 heterocycles. The van der Waals surface area contributed by atoms with Gasteiger partial charge in [0.2, 0.25) is 0 Å². The summed E-state index contributed by atoms with van der Waals surface area (Å²) in [4.78, 5) is 0. The van der Waals surface area contributed by atoms with Gasteiger partial charge in [0.1, 0.15) is 0 Å². The van der Waals surface area contributed by atoms with E-state index in [-0.39, 0.29) is 6.10 Å². The van der Waals surface area contributed by atoms with Gasteiger partial charge in [-0.1, -0.05) is 24.3 Å². The smallest absolute Gasteiger partial charge is 0.163 e. The molecule has 0 aromatic heterocycles. The van der Waals surface area contributed by atoms with Crippen LogP contribution in [0, 0.1) is 6.92 Å². The molecule has 2 rings (SSSR count). The van der Waals surface area contributed by atoms with Crippen LogP contribution in [0.3, 0.4) is 0 Å². The molecule has 1 saturated heterocycles. The third-order valence-corrected chi connectivity index (χ3v) is 2.78. The molecule has 2 nitrogen and oxygen atoms in total. The summed E-state index contributed by atoms with van der Waals surface area (Å²) in [6.45, 7) is 6.76. The van der Waals surface area contributed by atoms with Crippen LogP contribution in [-0.4, -0.2) is 18.5 Å². The summed E-state index contributed by atoms with van der Waals surface area (Å²) in [5.74, 6) is -0.409. The lowest BCUT2D eigenvalue weighted by atomic mass is 10.0. The summed E-state index contributed by atoms with van der Waals surface area (Å²) in [5, 5.41) is 0. The van der Waals surface area contributed by atoms with E-state index in [0.717, 1.165) is 6.42 Å².